The number of benzene rings is 2. The smallest absolute Gasteiger partial charge is 0.430 e. The van der Waals surface area contributed by atoms with Crippen molar-refractivity contribution < 1.29 is 51.5 Å². The Balaban J connectivity index is 0.000000493. The number of hydrogen-bond donors (Lipinski definition) is 0. The quantitative estimate of drug-likeness (QED) is 0.218. The zero-order chi connectivity index (χ0) is 29.9. The van der Waals surface area contributed by atoms with Crippen LogP contribution in [0.1, 0.15) is 53.2 Å². The fourth-order valence-electron chi connectivity index (χ4n) is 4.62. The molecule has 0 unspecified atom stereocenters. The largest absolute Gasteiger partial charge is 0.542 e. The Morgan fingerprint density at radius 3 is 2.17 bits per heavy atom. The molecule has 1 aromatic heterocycles. The van der Waals surface area contributed by atoms with Crippen molar-refractivity contribution in [1.29, 1.82) is 0 Å². The van der Waals surface area contributed by atoms with Crippen LogP contribution >= 0.6 is 0 Å². The lowest BCUT2D eigenvalue weighted by atomic mass is 10.1. The first-order valence-corrected chi connectivity index (χ1v) is 13.0. The molecule has 10 nitrogen and oxygen atoms in total. The minimum atomic E-state index is -5.19. The number of alkyl halides is 3. The normalized spacial score (nSPS) is 14.5. The van der Waals surface area contributed by atoms with Gasteiger partial charge in [-0.1, -0.05) is 12.1 Å². The number of esters is 1. The maximum absolute atomic E-state index is 13.1. The van der Waals surface area contributed by atoms with Gasteiger partial charge in [0.15, 0.2) is 17.6 Å². The van der Waals surface area contributed by atoms with Crippen molar-refractivity contribution >= 4 is 34.8 Å². The summed E-state index contributed by atoms with van der Waals surface area (Å²) in [5.74, 6) is -1.88. The molecular formula is C28H28F3N3O7. The van der Waals surface area contributed by atoms with Gasteiger partial charge >= 0.3 is 12.1 Å². The van der Waals surface area contributed by atoms with Crippen molar-refractivity contribution in [3.8, 4) is 5.75 Å². The number of ether oxygens (including phenoxy) is 2. The minimum Gasteiger partial charge on any atom is -0.542 e. The molecule has 0 bridgehead atoms. The van der Waals surface area contributed by atoms with Crippen LogP contribution in [0.5, 0.6) is 5.75 Å². The summed E-state index contributed by atoms with van der Waals surface area (Å²) >= 11 is 0. The minimum absolute atomic E-state index is 0.154. The van der Waals surface area contributed by atoms with Crippen molar-refractivity contribution in [2.24, 2.45) is 5.92 Å². The van der Waals surface area contributed by atoms with E-state index < -0.39 is 18.1 Å². The second-order valence-electron chi connectivity index (χ2n) is 9.49. The lowest BCUT2D eigenvalue weighted by molar-refractivity contribution is -0.677. The van der Waals surface area contributed by atoms with Crippen LogP contribution in [0.2, 0.25) is 0 Å². The summed E-state index contributed by atoms with van der Waals surface area (Å²) in [7, 11) is 0. The third-order valence-corrected chi connectivity index (χ3v) is 6.68. The number of carbonyl (C=O) groups is 4. The number of fused-ring (bicyclic) bond motifs is 2. The molecule has 1 saturated carbocycles. The lowest BCUT2D eigenvalue weighted by Crippen LogP contribution is -2.42. The fourth-order valence-corrected chi connectivity index (χ4v) is 4.62. The summed E-state index contributed by atoms with van der Waals surface area (Å²) in [5.41, 5.74) is 2.87. The number of carboxylic acids is 1. The molecule has 1 aliphatic heterocycles. The van der Waals surface area contributed by atoms with E-state index in [9.17, 15) is 27.6 Å². The van der Waals surface area contributed by atoms with Crippen LogP contribution in [0.25, 0.3) is 11.0 Å². The van der Waals surface area contributed by atoms with E-state index >= 15 is 0 Å². The predicted octanol–water partition coefficient (Wildman–Crippen LogP) is 2.40. The molecule has 1 fully saturated rings. The van der Waals surface area contributed by atoms with E-state index in [1.54, 1.807) is 31.2 Å². The van der Waals surface area contributed by atoms with Crippen LogP contribution < -0.4 is 14.4 Å². The average molecular weight is 576 g/mol. The number of aromatic nitrogens is 2. The summed E-state index contributed by atoms with van der Waals surface area (Å²) < 4.78 is 46.5. The molecule has 2 heterocycles. The van der Waals surface area contributed by atoms with Gasteiger partial charge in [0.1, 0.15) is 18.3 Å². The Morgan fingerprint density at radius 1 is 1.05 bits per heavy atom. The highest BCUT2D eigenvalue weighted by molar-refractivity contribution is 6.21. The van der Waals surface area contributed by atoms with E-state index in [1.165, 1.54) is 4.90 Å². The molecule has 218 valence electrons. The standard InChI is InChI=1S/C26H28N3O5.C2HF3O2/c1-3-27-21-12-11-18(34-16-24(30)33-4-2)13-22(21)28(14-17-9-10-17)23(27)15-29-25(31)19-7-5-6-8-20(19)26(29)32;3-2(4,5)1(6)7/h5-8,11-13,17H,3-4,9-10,14-16H2,1-2H3;(H,6,7)/q+1;/p-1. The average Bonchev–Trinajstić information content (AvgIpc) is 3.67. The second kappa shape index (κ2) is 12.0. The number of imidazole rings is 1. The van der Waals surface area contributed by atoms with Gasteiger partial charge in [-0.3, -0.25) is 14.5 Å². The molecule has 13 heteroatoms. The molecule has 2 aromatic carbocycles. The van der Waals surface area contributed by atoms with Gasteiger partial charge in [0.05, 0.1) is 30.8 Å². The Bertz CT molecular complexity index is 1460. The van der Waals surface area contributed by atoms with Gasteiger partial charge in [-0.05, 0) is 56.9 Å². The molecule has 2 aliphatic rings. The zero-order valence-corrected chi connectivity index (χ0v) is 22.4. The Hall–Kier alpha value is -4.42. The molecule has 1 aliphatic carbocycles. The number of carbonyl (C=O) groups excluding carboxylic acids is 4. The van der Waals surface area contributed by atoms with E-state index in [-0.39, 0.29) is 25.0 Å². The molecule has 5 rings (SSSR count). The number of imide groups is 1. The second-order valence-corrected chi connectivity index (χ2v) is 9.49. The summed E-state index contributed by atoms with van der Waals surface area (Å²) in [6, 6.07) is 12.7. The first-order valence-electron chi connectivity index (χ1n) is 13.0. The number of aryl methyl sites for hydroxylation is 1. The van der Waals surface area contributed by atoms with Crippen molar-refractivity contribution in [2.75, 3.05) is 13.2 Å². The van der Waals surface area contributed by atoms with Crippen LogP contribution in [0, 0.1) is 5.92 Å². The van der Waals surface area contributed by atoms with Gasteiger partial charge in [0, 0.05) is 6.07 Å². The van der Waals surface area contributed by atoms with Gasteiger partial charge < -0.3 is 19.4 Å². The Kier molecular flexibility index (Phi) is 8.64. The first-order chi connectivity index (χ1) is 19.5. The van der Waals surface area contributed by atoms with E-state index in [1.807, 2.05) is 18.2 Å². The molecule has 2 amide bonds. The van der Waals surface area contributed by atoms with Crippen LogP contribution in [-0.4, -0.2) is 52.6 Å². The maximum atomic E-state index is 13.1. The number of halogens is 3. The number of amides is 2. The lowest BCUT2D eigenvalue weighted by Gasteiger charge is -2.13. The number of carboxylic acid groups (broad SMARTS) is 1. The molecule has 0 radical (unpaired) electrons. The van der Waals surface area contributed by atoms with E-state index in [2.05, 4.69) is 16.1 Å². The topological polar surface area (TPSA) is 122 Å². The van der Waals surface area contributed by atoms with E-state index in [0.717, 1.165) is 36.2 Å². The summed E-state index contributed by atoms with van der Waals surface area (Å²) in [6.07, 6.45) is -2.87. The fraction of sp³-hybridized carbons (Fsp3) is 0.393. The molecule has 3 aromatic rings. The summed E-state index contributed by atoms with van der Waals surface area (Å²) in [5, 5.41) is 8.78. The van der Waals surface area contributed by atoms with Crippen LogP contribution in [0.4, 0.5) is 13.2 Å². The number of aliphatic carboxylic acids is 1. The van der Waals surface area contributed by atoms with Gasteiger partial charge in [-0.25, -0.2) is 13.9 Å². The van der Waals surface area contributed by atoms with Gasteiger partial charge in [-0.2, -0.15) is 13.2 Å². The monoisotopic (exact) mass is 575 g/mol. The highest BCUT2D eigenvalue weighted by atomic mass is 19.4. The van der Waals surface area contributed by atoms with Crippen LogP contribution in [-0.2, 0) is 34.0 Å². The van der Waals surface area contributed by atoms with Crippen molar-refractivity contribution in [3.63, 3.8) is 0 Å². The zero-order valence-electron chi connectivity index (χ0n) is 22.4. The van der Waals surface area contributed by atoms with Gasteiger partial charge in [0.2, 0.25) is 0 Å². The Labute approximate surface area is 232 Å². The molecule has 0 saturated heterocycles. The molecule has 0 spiro atoms. The van der Waals surface area contributed by atoms with Crippen molar-refractivity contribution in [2.45, 2.75) is 52.5 Å². The van der Waals surface area contributed by atoms with Crippen molar-refractivity contribution in [1.82, 2.24) is 9.47 Å². The van der Waals surface area contributed by atoms with Gasteiger partial charge in [0.25, 0.3) is 17.6 Å². The molecule has 0 N–H and O–H groups in total. The van der Waals surface area contributed by atoms with Crippen LogP contribution in [0.3, 0.4) is 0 Å². The molecular weight excluding hydrogens is 547 g/mol. The van der Waals surface area contributed by atoms with E-state index in [0.29, 0.717) is 35.9 Å². The van der Waals surface area contributed by atoms with Crippen LogP contribution in [0.15, 0.2) is 42.5 Å². The third kappa shape index (κ3) is 6.50. The summed E-state index contributed by atoms with van der Waals surface area (Å²) in [4.78, 5) is 48.0. The number of rotatable bonds is 9. The molecule has 0 atom stereocenters. The van der Waals surface area contributed by atoms with Crippen molar-refractivity contribution in [3.05, 3.63) is 59.4 Å². The SMILES string of the molecule is CCOC(=O)COc1ccc2c(c1)n(CC1CC1)c(CN1C(=O)c3ccccc3C1=O)[n+]2CC.O=C([O-])C(F)(F)F. The van der Waals surface area contributed by atoms with Gasteiger partial charge in [-0.15, -0.1) is 0 Å². The maximum Gasteiger partial charge on any atom is 0.430 e. The first kappa shape index (κ1) is 29.6. The molecule has 41 heavy (non-hydrogen) atoms. The Morgan fingerprint density at radius 2 is 1.66 bits per heavy atom. The number of nitrogens with zero attached hydrogens (tertiary/aromatic N) is 3. The highest BCUT2D eigenvalue weighted by Crippen LogP contribution is 2.34. The predicted molar refractivity (Wildman–Crippen MR) is 134 cm³/mol. The van der Waals surface area contributed by atoms with E-state index in [4.69, 9.17) is 19.4 Å². The summed E-state index contributed by atoms with van der Waals surface area (Å²) in [6.45, 7) is 5.66. The third-order valence-electron chi connectivity index (χ3n) is 6.68. The number of hydrogen-bond acceptors (Lipinski definition) is 7. The highest BCUT2D eigenvalue weighted by Gasteiger charge is 2.39.